The number of nitriles is 1. The Kier molecular flexibility index (Phi) is 5.88. The monoisotopic (exact) mass is 478 g/mol. The van der Waals surface area contributed by atoms with Gasteiger partial charge in [-0.25, -0.2) is 13.1 Å². The minimum atomic E-state index is -3.29. The van der Waals surface area contributed by atoms with Gasteiger partial charge in [0.25, 0.3) is 5.89 Å². The third-order valence-corrected chi connectivity index (χ3v) is 8.12. The number of hydrogen-bond acceptors (Lipinski definition) is 7. The van der Waals surface area contributed by atoms with E-state index in [1.54, 1.807) is 18.2 Å². The first-order chi connectivity index (χ1) is 16.4. The van der Waals surface area contributed by atoms with Crippen LogP contribution < -0.4 is 9.46 Å². The molecule has 3 aromatic rings. The van der Waals surface area contributed by atoms with Crippen molar-refractivity contribution in [2.75, 3.05) is 0 Å². The molecule has 2 aromatic carbocycles. The topological polar surface area (TPSA) is 118 Å². The number of aromatic nitrogens is 2. The molecule has 0 radical (unpaired) electrons. The van der Waals surface area contributed by atoms with Gasteiger partial charge in [-0.05, 0) is 75.3 Å². The van der Waals surface area contributed by atoms with Gasteiger partial charge >= 0.3 is 0 Å². The summed E-state index contributed by atoms with van der Waals surface area (Å²) in [6.45, 7) is 3.81. The zero-order chi connectivity index (χ0) is 23.9. The summed E-state index contributed by atoms with van der Waals surface area (Å²) in [6.07, 6.45) is 3.88. The van der Waals surface area contributed by atoms with E-state index in [0.29, 0.717) is 28.6 Å². The van der Waals surface area contributed by atoms with Gasteiger partial charge in [-0.2, -0.15) is 10.2 Å². The highest BCUT2D eigenvalue weighted by Crippen LogP contribution is 2.38. The van der Waals surface area contributed by atoms with E-state index in [4.69, 9.17) is 9.26 Å². The van der Waals surface area contributed by atoms with Gasteiger partial charge in [0, 0.05) is 17.2 Å². The zero-order valence-corrected chi connectivity index (χ0v) is 19.9. The van der Waals surface area contributed by atoms with Crippen molar-refractivity contribution in [1.29, 1.82) is 5.26 Å². The van der Waals surface area contributed by atoms with Crippen molar-refractivity contribution in [1.82, 2.24) is 14.9 Å². The Labute approximate surface area is 199 Å². The number of ether oxygens (including phenoxy) is 1. The number of fused-ring (bicyclic) bond motifs is 1. The van der Waals surface area contributed by atoms with Gasteiger partial charge in [-0.15, -0.1) is 0 Å². The van der Waals surface area contributed by atoms with Gasteiger partial charge in [-0.3, -0.25) is 0 Å². The maximum absolute atomic E-state index is 12.5. The van der Waals surface area contributed by atoms with E-state index in [9.17, 15) is 13.7 Å². The Balaban J connectivity index is 1.45. The highest BCUT2D eigenvalue weighted by atomic mass is 32.2. The van der Waals surface area contributed by atoms with Crippen molar-refractivity contribution in [2.24, 2.45) is 0 Å². The molecule has 5 rings (SSSR count). The molecule has 2 aliphatic rings. The van der Waals surface area contributed by atoms with Gasteiger partial charge in [0.1, 0.15) is 11.8 Å². The second-order valence-electron chi connectivity index (χ2n) is 9.09. The second-order valence-corrected chi connectivity index (χ2v) is 11.1. The van der Waals surface area contributed by atoms with E-state index < -0.39 is 10.0 Å². The van der Waals surface area contributed by atoms with Crippen LogP contribution >= 0.6 is 0 Å². The minimum Gasteiger partial charge on any atom is -0.490 e. The fraction of sp³-hybridized carbons (Fsp3) is 0.400. The van der Waals surface area contributed by atoms with Gasteiger partial charge in [0.15, 0.2) is 0 Å². The summed E-state index contributed by atoms with van der Waals surface area (Å²) in [5.41, 5.74) is 3.88. The fourth-order valence-electron chi connectivity index (χ4n) is 4.41. The maximum atomic E-state index is 12.5. The van der Waals surface area contributed by atoms with E-state index >= 15 is 0 Å². The molecule has 1 fully saturated rings. The highest BCUT2D eigenvalue weighted by Gasteiger charge is 2.38. The Morgan fingerprint density at radius 2 is 2.03 bits per heavy atom. The molecule has 8 nitrogen and oxygen atoms in total. The lowest BCUT2D eigenvalue weighted by Crippen LogP contribution is -2.33. The van der Waals surface area contributed by atoms with E-state index in [1.807, 2.05) is 32.0 Å². The molecule has 1 aromatic heterocycles. The summed E-state index contributed by atoms with van der Waals surface area (Å²) in [5, 5.41) is 13.5. The standard InChI is InChI=1S/C25H26N4O4S/c1-15(2)32-23-12-9-16(13-17(23)14-26)25-27-24(28-33-25)21-7-3-6-20-19(21)5-4-8-22(20)29-34(30,31)18-10-11-18/h3,6-7,9,12-13,15,18,22,29H,4-5,8,10-11H2,1-2H3/t22-/m0/s1. The van der Waals surface area contributed by atoms with E-state index in [0.717, 1.165) is 48.8 Å². The van der Waals surface area contributed by atoms with E-state index in [1.165, 1.54) is 0 Å². The van der Waals surface area contributed by atoms with Crippen molar-refractivity contribution < 1.29 is 17.7 Å². The molecule has 2 aliphatic carbocycles. The first kappa shape index (κ1) is 22.6. The molecule has 1 heterocycles. The molecule has 176 valence electrons. The summed E-state index contributed by atoms with van der Waals surface area (Å²) >= 11 is 0. The van der Waals surface area contributed by atoms with E-state index in [2.05, 4.69) is 20.9 Å². The van der Waals surface area contributed by atoms with Gasteiger partial charge in [0.05, 0.1) is 16.9 Å². The van der Waals surface area contributed by atoms with Crippen LogP contribution in [0.2, 0.25) is 0 Å². The molecule has 0 saturated heterocycles. The molecule has 0 bridgehead atoms. The maximum Gasteiger partial charge on any atom is 0.258 e. The average Bonchev–Trinajstić information content (AvgIpc) is 3.57. The van der Waals surface area contributed by atoms with Crippen LogP contribution in [0.5, 0.6) is 5.75 Å². The van der Waals surface area contributed by atoms with Crippen molar-refractivity contribution in [3.8, 4) is 34.7 Å². The van der Waals surface area contributed by atoms with Crippen LogP contribution in [-0.4, -0.2) is 29.9 Å². The van der Waals surface area contributed by atoms with E-state index in [-0.39, 0.29) is 17.4 Å². The SMILES string of the molecule is CC(C)Oc1ccc(-c2nc(-c3cccc4c3CCC[C@@H]4NS(=O)(=O)C3CC3)no2)cc1C#N. The Morgan fingerprint density at radius 3 is 2.76 bits per heavy atom. The summed E-state index contributed by atoms with van der Waals surface area (Å²) in [4.78, 5) is 4.60. The summed E-state index contributed by atoms with van der Waals surface area (Å²) in [5.74, 6) is 1.26. The Hall–Kier alpha value is -3.22. The number of benzene rings is 2. The van der Waals surface area contributed by atoms with Gasteiger partial charge < -0.3 is 9.26 Å². The molecule has 9 heteroatoms. The first-order valence-electron chi connectivity index (χ1n) is 11.5. The van der Waals surface area contributed by atoms with Crippen LogP contribution in [0.25, 0.3) is 22.8 Å². The minimum absolute atomic E-state index is 0.0465. The quantitative estimate of drug-likeness (QED) is 0.530. The van der Waals surface area contributed by atoms with Crippen LogP contribution in [0.15, 0.2) is 40.9 Å². The van der Waals surface area contributed by atoms with Crippen molar-refractivity contribution in [3.63, 3.8) is 0 Å². The predicted molar refractivity (Wildman–Crippen MR) is 126 cm³/mol. The van der Waals surface area contributed by atoms with Crippen LogP contribution in [-0.2, 0) is 16.4 Å². The Morgan fingerprint density at radius 1 is 1.21 bits per heavy atom. The average molecular weight is 479 g/mol. The van der Waals surface area contributed by atoms with Gasteiger partial charge in [0.2, 0.25) is 15.8 Å². The third kappa shape index (κ3) is 4.43. The number of nitrogens with one attached hydrogen (secondary N) is 1. The summed E-state index contributed by atoms with van der Waals surface area (Å²) in [6, 6.07) is 12.9. The molecule has 0 unspecified atom stereocenters. The summed E-state index contributed by atoms with van der Waals surface area (Å²) in [7, 11) is -3.29. The predicted octanol–water partition coefficient (Wildman–Crippen LogP) is 4.52. The molecule has 1 N–H and O–H groups in total. The first-order valence-corrected chi connectivity index (χ1v) is 13.1. The van der Waals surface area contributed by atoms with Crippen LogP contribution in [0.1, 0.15) is 62.3 Å². The summed E-state index contributed by atoms with van der Waals surface area (Å²) < 4.78 is 39.2. The lowest BCUT2D eigenvalue weighted by Gasteiger charge is -2.27. The number of sulfonamides is 1. The normalized spacial score (nSPS) is 17.9. The molecule has 1 atom stereocenters. The molecular formula is C25H26N4O4S. The molecular weight excluding hydrogens is 452 g/mol. The lowest BCUT2D eigenvalue weighted by atomic mass is 9.85. The third-order valence-electron chi connectivity index (χ3n) is 6.15. The fourth-order valence-corrected chi connectivity index (χ4v) is 6.00. The zero-order valence-electron chi connectivity index (χ0n) is 19.1. The molecule has 0 amide bonds. The van der Waals surface area contributed by atoms with Crippen LogP contribution in [0.3, 0.4) is 0 Å². The molecule has 1 saturated carbocycles. The molecule has 0 spiro atoms. The molecule has 34 heavy (non-hydrogen) atoms. The van der Waals surface area contributed by atoms with Gasteiger partial charge in [-0.1, -0.05) is 23.4 Å². The van der Waals surface area contributed by atoms with Crippen molar-refractivity contribution in [3.05, 3.63) is 53.1 Å². The second kappa shape index (κ2) is 8.85. The number of nitrogens with zero attached hydrogens (tertiary/aromatic N) is 3. The van der Waals surface area contributed by atoms with Crippen LogP contribution in [0, 0.1) is 11.3 Å². The largest absolute Gasteiger partial charge is 0.490 e. The highest BCUT2D eigenvalue weighted by molar-refractivity contribution is 7.90. The number of hydrogen-bond donors (Lipinski definition) is 1. The smallest absolute Gasteiger partial charge is 0.258 e. The van der Waals surface area contributed by atoms with Crippen molar-refractivity contribution in [2.45, 2.75) is 63.3 Å². The lowest BCUT2D eigenvalue weighted by molar-refractivity contribution is 0.241. The van der Waals surface area contributed by atoms with Crippen LogP contribution in [0.4, 0.5) is 0 Å². The molecule has 0 aliphatic heterocycles. The number of rotatable bonds is 7. The van der Waals surface area contributed by atoms with Crippen molar-refractivity contribution >= 4 is 10.0 Å². The Bertz CT molecular complexity index is 1370.